The van der Waals surface area contributed by atoms with Gasteiger partial charge in [0.1, 0.15) is 6.07 Å². The molecule has 16 heavy (non-hydrogen) atoms. The molecule has 0 N–H and O–H groups in total. The minimum atomic E-state index is -3.01. The molecule has 0 saturated heterocycles. The first-order chi connectivity index (χ1) is 7.52. The van der Waals surface area contributed by atoms with E-state index >= 15 is 0 Å². The maximum atomic E-state index is 12.7. The zero-order chi connectivity index (χ0) is 12.3. The summed E-state index contributed by atoms with van der Waals surface area (Å²) >= 11 is 5.16. The highest BCUT2D eigenvalue weighted by molar-refractivity contribution is 6.68. The monoisotopic (exact) mass is 246 g/mol. The Bertz CT molecular complexity index is 471. The van der Waals surface area contributed by atoms with Crippen LogP contribution in [0.25, 0.3) is 0 Å². The molecule has 0 unspecified atom stereocenters. The van der Waals surface area contributed by atoms with Gasteiger partial charge in [-0.1, -0.05) is 0 Å². The number of nitrogens with zero attached hydrogens (tertiary/aromatic N) is 2. The molecule has 0 aliphatic rings. The Kier molecular flexibility index (Phi) is 3.74. The van der Waals surface area contributed by atoms with E-state index in [-0.39, 0.29) is 5.56 Å². The second kappa shape index (κ2) is 4.86. The van der Waals surface area contributed by atoms with Gasteiger partial charge in [-0.2, -0.15) is 5.26 Å². The molecule has 0 amide bonds. The van der Waals surface area contributed by atoms with Gasteiger partial charge in [0.05, 0.1) is 23.8 Å². The van der Waals surface area contributed by atoms with Crippen LogP contribution in [0.15, 0.2) is 6.20 Å². The number of rotatable bonds is 3. The van der Waals surface area contributed by atoms with Crippen LogP contribution in [0.2, 0.25) is 0 Å². The lowest BCUT2D eigenvalue weighted by atomic mass is 10.1. The largest absolute Gasteiger partial charge is 0.481 e. The Labute approximate surface area is 94.4 Å². The van der Waals surface area contributed by atoms with Crippen molar-refractivity contribution in [1.82, 2.24) is 4.98 Å². The van der Waals surface area contributed by atoms with Crippen LogP contribution >= 0.6 is 11.6 Å². The molecule has 0 aliphatic carbocycles. The van der Waals surface area contributed by atoms with Crippen LogP contribution in [0, 0.1) is 11.3 Å². The molecule has 0 atom stereocenters. The number of hydrogen-bond donors (Lipinski definition) is 0. The molecular formula is C9H5ClF2N2O2. The maximum Gasteiger partial charge on any atom is 0.269 e. The number of hydrogen-bond acceptors (Lipinski definition) is 4. The van der Waals surface area contributed by atoms with Gasteiger partial charge in [-0.25, -0.2) is 13.8 Å². The molecule has 0 aromatic carbocycles. The molecule has 1 rings (SSSR count). The number of methoxy groups -OCH3 is 1. The van der Waals surface area contributed by atoms with Crippen LogP contribution in [-0.2, 0) is 0 Å². The molecule has 0 bridgehead atoms. The molecule has 1 aromatic rings. The van der Waals surface area contributed by atoms with E-state index in [1.165, 1.54) is 0 Å². The first-order valence-electron chi connectivity index (χ1n) is 3.97. The summed E-state index contributed by atoms with van der Waals surface area (Å²) in [6.45, 7) is 0. The number of aromatic nitrogens is 1. The lowest BCUT2D eigenvalue weighted by Gasteiger charge is -2.10. The number of halogens is 3. The Morgan fingerprint density at radius 2 is 2.31 bits per heavy atom. The van der Waals surface area contributed by atoms with Crippen molar-refractivity contribution in [1.29, 1.82) is 5.26 Å². The molecule has 0 saturated carbocycles. The van der Waals surface area contributed by atoms with Crippen molar-refractivity contribution in [3.05, 3.63) is 22.9 Å². The molecule has 1 aromatic heterocycles. The third-order valence-corrected chi connectivity index (χ3v) is 2.00. The average molecular weight is 247 g/mol. The van der Waals surface area contributed by atoms with Crippen molar-refractivity contribution in [2.75, 3.05) is 7.11 Å². The van der Waals surface area contributed by atoms with Gasteiger partial charge in [-0.05, 0) is 11.6 Å². The average Bonchev–Trinajstić information content (AvgIpc) is 2.26. The maximum absolute atomic E-state index is 12.7. The molecule has 0 spiro atoms. The van der Waals surface area contributed by atoms with Gasteiger partial charge < -0.3 is 4.74 Å². The highest BCUT2D eigenvalue weighted by atomic mass is 35.5. The Hall–Kier alpha value is -1.74. The molecule has 84 valence electrons. The molecule has 0 aliphatic heterocycles. The first kappa shape index (κ1) is 12.3. The predicted octanol–water partition coefficient (Wildman–Crippen LogP) is 2.28. The molecule has 4 nitrogen and oxygen atoms in total. The number of nitriles is 1. The molecule has 0 radical (unpaired) electrons. The van der Waals surface area contributed by atoms with Gasteiger partial charge in [-0.15, -0.1) is 0 Å². The summed E-state index contributed by atoms with van der Waals surface area (Å²) in [5.74, 6) is -0.419. The summed E-state index contributed by atoms with van der Waals surface area (Å²) in [7, 11) is 1.13. The van der Waals surface area contributed by atoms with Gasteiger partial charge in [-0.3, -0.25) is 4.79 Å². The van der Waals surface area contributed by atoms with Crippen LogP contribution in [0.4, 0.5) is 8.78 Å². The number of carbonyl (C=O) groups excluding carboxylic acids is 1. The number of pyridine rings is 1. The fourth-order valence-corrected chi connectivity index (χ4v) is 1.37. The van der Waals surface area contributed by atoms with E-state index in [0.717, 1.165) is 13.3 Å². The van der Waals surface area contributed by atoms with Crippen LogP contribution < -0.4 is 4.74 Å². The second-order valence-electron chi connectivity index (χ2n) is 2.66. The van der Waals surface area contributed by atoms with Crippen molar-refractivity contribution in [2.45, 2.75) is 6.43 Å². The Morgan fingerprint density at radius 1 is 1.69 bits per heavy atom. The number of carbonyl (C=O) groups is 1. The third-order valence-electron chi connectivity index (χ3n) is 1.81. The highest BCUT2D eigenvalue weighted by Gasteiger charge is 2.26. The summed E-state index contributed by atoms with van der Waals surface area (Å²) in [5, 5.41) is 7.50. The zero-order valence-electron chi connectivity index (χ0n) is 8.00. The SMILES string of the molecule is COc1ncc(C#N)c(C(=O)Cl)c1C(F)F. The van der Waals surface area contributed by atoms with E-state index in [4.69, 9.17) is 16.9 Å². The van der Waals surface area contributed by atoms with Crippen LogP contribution in [0.1, 0.15) is 27.9 Å². The summed E-state index contributed by atoms with van der Waals surface area (Å²) in [6.07, 6.45) is -2.05. The van der Waals surface area contributed by atoms with Crippen LogP contribution in [0.5, 0.6) is 5.88 Å². The smallest absolute Gasteiger partial charge is 0.269 e. The summed E-state index contributed by atoms with van der Waals surface area (Å²) in [6, 6.07) is 1.57. The van der Waals surface area contributed by atoms with Crippen molar-refractivity contribution >= 4 is 16.8 Å². The topological polar surface area (TPSA) is 63.0 Å². The lowest BCUT2D eigenvalue weighted by molar-refractivity contribution is 0.106. The minimum Gasteiger partial charge on any atom is -0.481 e. The first-order valence-corrected chi connectivity index (χ1v) is 4.35. The number of ether oxygens (including phenoxy) is 1. The summed E-state index contributed by atoms with van der Waals surface area (Å²) in [4.78, 5) is 14.5. The standard InChI is InChI=1S/C9H5ClF2N2O2/c1-16-9-6(8(11)12)5(7(10)15)4(2-13)3-14-9/h3,8H,1H3. The summed E-state index contributed by atoms with van der Waals surface area (Å²) in [5.41, 5.74) is -1.64. The third kappa shape index (κ3) is 2.09. The fraction of sp³-hybridized carbons (Fsp3) is 0.222. The van der Waals surface area contributed by atoms with E-state index in [0.29, 0.717) is 0 Å². The second-order valence-corrected chi connectivity index (χ2v) is 3.00. The van der Waals surface area contributed by atoms with Crippen LogP contribution in [0.3, 0.4) is 0 Å². The highest BCUT2D eigenvalue weighted by Crippen LogP contribution is 2.32. The predicted molar refractivity (Wildman–Crippen MR) is 50.6 cm³/mol. The Morgan fingerprint density at radius 3 is 2.69 bits per heavy atom. The Balaban J connectivity index is 3.61. The van der Waals surface area contributed by atoms with E-state index in [1.807, 2.05) is 0 Å². The molecule has 7 heteroatoms. The van der Waals surface area contributed by atoms with Crippen molar-refractivity contribution < 1.29 is 18.3 Å². The van der Waals surface area contributed by atoms with Crippen LogP contribution in [-0.4, -0.2) is 17.3 Å². The molecule has 0 fully saturated rings. The van der Waals surface area contributed by atoms with Gasteiger partial charge in [0.25, 0.3) is 11.7 Å². The van der Waals surface area contributed by atoms with E-state index < -0.39 is 28.7 Å². The van der Waals surface area contributed by atoms with Gasteiger partial charge in [0.15, 0.2) is 0 Å². The van der Waals surface area contributed by atoms with E-state index in [9.17, 15) is 13.6 Å². The zero-order valence-corrected chi connectivity index (χ0v) is 8.76. The summed E-state index contributed by atoms with van der Waals surface area (Å²) < 4.78 is 30.0. The quantitative estimate of drug-likeness (QED) is 0.768. The van der Waals surface area contributed by atoms with Gasteiger partial charge in [0, 0.05) is 6.20 Å². The normalized spacial score (nSPS) is 10.0. The lowest BCUT2D eigenvalue weighted by Crippen LogP contribution is -2.06. The number of alkyl halides is 2. The minimum absolute atomic E-state index is 0.309. The van der Waals surface area contributed by atoms with Crippen molar-refractivity contribution in [3.63, 3.8) is 0 Å². The van der Waals surface area contributed by atoms with Crippen molar-refractivity contribution in [3.8, 4) is 11.9 Å². The van der Waals surface area contributed by atoms with Crippen molar-refractivity contribution in [2.24, 2.45) is 0 Å². The molecule has 1 heterocycles. The van der Waals surface area contributed by atoms with E-state index in [1.54, 1.807) is 6.07 Å². The molecular weight excluding hydrogens is 242 g/mol. The fourth-order valence-electron chi connectivity index (χ4n) is 1.17. The van der Waals surface area contributed by atoms with Gasteiger partial charge >= 0.3 is 0 Å². The van der Waals surface area contributed by atoms with Gasteiger partial charge in [0.2, 0.25) is 5.88 Å². The van der Waals surface area contributed by atoms with E-state index in [2.05, 4.69) is 9.72 Å².